The van der Waals surface area contributed by atoms with Crippen LogP contribution in [0.15, 0.2) is 36.5 Å². The number of H-pyrrole nitrogens is 1. The van der Waals surface area contributed by atoms with E-state index in [0.717, 1.165) is 12.2 Å². The summed E-state index contributed by atoms with van der Waals surface area (Å²) in [5.41, 5.74) is 3.40. The summed E-state index contributed by atoms with van der Waals surface area (Å²) < 4.78 is 1.90. The van der Waals surface area contributed by atoms with Crippen molar-refractivity contribution in [3.63, 3.8) is 0 Å². The number of tetrazole rings is 1. The highest BCUT2D eigenvalue weighted by atomic mass is 16.3. The number of nitrogens with one attached hydrogen (secondary N) is 1. The van der Waals surface area contributed by atoms with Gasteiger partial charge >= 0.3 is 0 Å². The lowest BCUT2D eigenvalue weighted by Crippen LogP contribution is -2.04. The minimum atomic E-state index is -0.721. The molecule has 2 aromatic heterocycles. The molecule has 0 bridgehead atoms. The van der Waals surface area contributed by atoms with Gasteiger partial charge in [0.15, 0.2) is 0 Å². The van der Waals surface area contributed by atoms with E-state index in [1.54, 1.807) is 0 Å². The molecule has 0 aliphatic rings. The Morgan fingerprint density at radius 1 is 1.23 bits per heavy atom. The molecule has 0 spiro atoms. The lowest BCUT2D eigenvalue weighted by molar-refractivity contribution is 0.157. The molecule has 22 heavy (non-hydrogen) atoms. The van der Waals surface area contributed by atoms with Gasteiger partial charge in [0.25, 0.3) is 0 Å². The van der Waals surface area contributed by atoms with Crippen LogP contribution in [-0.2, 0) is 13.0 Å². The van der Waals surface area contributed by atoms with Crippen LogP contribution >= 0.6 is 0 Å². The van der Waals surface area contributed by atoms with Gasteiger partial charge in [0, 0.05) is 6.20 Å². The highest BCUT2D eigenvalue weighted by Gasteiger charge is 2.13. The lowest BCUT2D eigenvalue weighted by Gasteiger charge is -2.04. The van der Waals surface area contributed by atoms with E-state index in [-0.39, 0.29) is 0 Å². The number of hydrogen-bond acceptors (Lipinski definition) is 5. The smallest absolute Gasteiger partial charge is 0.202 e. The average Bonchev–Trinajstić information content (AvgIpc) is 3.19. The third-order valence-electron chi connectivity index (χ3n) is 3.49. The van der Waals surface area contributed by atoms with Crippen molar-refractivity contribution in [1.29, 1.82) is 0 Å². The monoisotopic (exact) mass is 298 g/mol. The number of aromatic nitrogens is 6. The lowest BCUT2D eigenvalue weighted by atomic mass is 10.1. The van der Waals surface area contributed by atoms with Gasteiger partial charge in [-0.3, -0.25) is 4.68 Å². The molecule has 7 heteroatoms. The quantitative estimate of drug-likeness (QED) is 0.718. The minimum Gasteiger partial charge on any atom is -0.385 e. The van der Waals surface area contributed by atoms with Crippen LogP contribution in [0, 0.1) is 6.92 Å². The van der Waals surface area contributed by atoms with E-state index in [0.29, 0.717) is 18.7 Å². The SMILES string of the molecule is Cc1ccc(Cn2ccc(CCC(O)c3nn[nH]n3)n2)cc1. The molecule has 0 radical (unpaired) electrons. The fraction of sp³-hybridized carbons (Fsp3) is 0.333. The molecule has 0 saturated heterocycles. The normalized spacial score (nSPS) is 12.5. The summed E-state index contributed by atoms with van der Waals surface area (Å²) >= 11 is 0. The molecule has 7 nitrogen and oxygen atoms in total. The third kappa shape index (κ3) is 3.56. The zero-order valence-corrected chi connectivity index (χ0v) is 12.3. The Hall–Kier alpha value is -2.54. The summed E-state index contributed by atoms with van der Waals surface area (Å²) in [5.74, 6) is 0.319. The minimum absolute atomic E-state index is 0.319. The molecule has 0 amide bonds. The van der Waals surface area contributed by atoms with Gasteiger partial charge in [0.2, 0.25) is 5.82 Å². The van der Waals surface area contributed by atoms with Gasteiger partial charge in [-0.2, -0.15) is 10.3 Å². The van der Waals surface area contributed by atoms with Crippen LogP contribution in [0.5, 0.6) is 0 Å². The second-order valence-electron chi connectivity index (χ2n) is 5.31. The van der Waals surface area contributed by atoms with Crippen LogP contribution in [0.4, 0.5) is 0 Å². The second kappa shape index (κ2) is 6.48. The Balaban J connectivity index is 1.56. The summed E-state index contributed by atoms with van der Waals surface area (Å²) in [7, 11) is 0. The van der Waals surface area contributed by atoms with Gasteiger partial charge in [-0.15, -0.1) is 10.2 Å². The molecule has 3 aromatic rings. The van der Waals surface area contributed by atoms with E-state index in [1.165, 1.54) is 11.1 Å². The first-order valence-corrected chi connectivity index (χ1v) is 7.20. The van der Waals surface area contributed by atoms with E-state index in [2.05, 4.69) is 56.9 Å². The molecule has 2 N–H and O–H groups in total. The zero-order chi connectivity index (χ0) is 15.4. The summed E-state index contributed by atoms with van der Waals surface area (Å²) in [5, 5.41) is 27.8. The van der Waals surface area contributed by atoms with E-state index in [4.69, 9.17) is 0 Å². The van der Waals surface area contributed by atoms with Gasteiger partial charge in [-0.25, -0.2) is 0 Å². The van der Waals surface area contributed by atoms with Gasteiger partial charge < -0.3 is 5.11 Å². The van der Waals surface area contributed by atoms with E-state index in [1.807, 2.05) is 16.9 Å². The van der Waals surface area contributed by atoms with Crippen molar-refractivity contribution in [2.24, 2.45) is 0 Å². The maximum absolute atomic E-state index is 9.92. The predicted molar refractivity (Wildman–Crippen MR) is 80.0 cm³/mol. The fourth-order valence-corrected chi connectivity index (χ4v) is 2.23. The van der Waals surface area contributed by atoms with Crippen molar-refractivity contribution in [2.75, 3.05) is 0 Å². The molecule has 1 atom stereocenters. The fourth-order valence-electron chi connectivity index (χ4n) is 2.23. The number of aliphatic hydroxyl groups is 1. The van der Waals surface area contributed by atoms with Crippen molar-refractivity contribution in [2.45, 2.75) is 32.4 Å². The first-order valence-electron chi connectivity index (χ1n) is 7.20. The topological polar surface area (TPSA) is 92.5 Å². The van der Waals surface area contributed by atoms with Gasteiger partial charge in [-0.05, 0) is 31.4 Å². The first kappa shape index (κ1) is 14.4. The summed E-state index contributed by atoms with van der Waals surface area (Å²) in [6, 6.07) is 10.4. The molecule has 3 rings (SSSR count). The van der Waals surface area contributed by atoms with Gasteiger partial charge in [0.05, 0.1) is 12.2 Å². The predicted octanol–water partition coefficient (Wildman–Crippen LogP) is 1.42. The van der Waals surface area contributed by atoms with E-state index < -0.39 is 6.10 Å². The Morgan fingerprint density at radius 2 is 2.05 bits per heavy atom. The highest BCUT2D eigenvalue weighted by molar-refractivity contribution is 5.21. The molecular formula is C15H18N6O. The average molecular weight is 298 g/mol. The molecule has 0 fully saturated rings. The molecular weight excluding hydrogens is 280 g/mol. The highest BCUT2D eigenvalue weighted by Crippen LogP contribution is 2.14. The van der Waals surface area contributed by atoms with Crippen molar-refractivity contribution in [3.05, 3.63) is 59.2 Å². The molecule has 0 aliphatic heterocycles. The van der Waals surface area contributed by atoms with Crippen molar-refractivity contribution in [3.8, 4) is 0 Å². The molecule has 0 aliphatic carbocycles. The maximum atomic E-state index is 9.92. The number of nitrogens with zero attached hydrogens (tertiary/aromatic N) is 5. The number of aromatic amines is 1. The Morgan fingerprint density at radius 3 is 2.77 bits per heavy atom. The maximum Gasteiger partial charge on any atom is 0.202 e. The van der Waals surface area contributed by atoms with Crippen molar-refractivity contribution >= 4 is 0 Å². The number of aryl methyl sites for hydroxylation is 2. The molecule has 0 saturated carbocycles. The standard InChI is InChI=1S/C15H18N6O/c1-11-2-4-12(5-3-11)10-21-9-8-13(18-21)6-7-14(22)15-16-19-20-17-15/h2-5,8-9,14,22H,6-7,10H2,1H3,(H,16,17,19,20). The van der Waals surface area contributed by atoms with Crippen LogP contribution < -0.4 is 0 Å². The summed E-state index contributed by atoms with van der Waals surface area (Å²) in [6.45, 7) is 2.82. The summed E-state index contributed by atoms with van der Waals surface area (Å²) in [4.78, 5) is 0. The summed E-state index contributed by atoms with van der Waals surface area (Å²) in [6.07, 6.45) is 2.41. The van der Waals surface area contributed by atoms with Crippen molar-refractivity contribution < 1.29 is 5.11 Å². The van der Waals surface area contributed by atoms with Gasteiger partial charge in [-0.1, -0.05) is 35.0 Å². The zero-order valence-electron chi connectivity index (χ0n) is 12.3. The first-order chi connectivity index (χ1) is 10.7. The third-order valence-corrected chi connectivity index (χ3v) is 3.49. The Kier molecular flexibility index (Phi) is 4.24. The van der Waals surface area contributed by atoms with Crippen LogP contribution in [-0.4, -0.2) is 35.5 Å². The van der Waals surface area contributed by atoms with Gasteiger partial charge in [0.1, 0.15) is 6.10 Å². The van der Waals surface area contributed by atoms with Crippen molar-refractivity contribution in [1.82, 2.24) is 30.4 Å². The van der Waals surface area contributed by atoms with E-state index >= 15 is 0 Å². The van der Waals surface area contributed by atoms with E-state index in [9.17, 15) is 5.11 Å². The molecule has 2 heterocycles. The second-order valence-corrected chi connectivity index (χ2v) is 5.31. The number of aliphatic hydroxyl groups excluding tert-OH is 1. The number of rotatable bonds is 6. The number of benzene rings is 1. The van der Waals surface area contributed by atoms with Crippen LogP contribution in [0.1, 0.15) is 35.2 Å². The van der Waals surface area contributed by atoms with Crippen LogP contribution in [0.3, 0.4) is 0 Å². The molecule has 1 unspecified atom stereocenters. The number of hydrogen-bond donors (Lipinski definition) is 2. The Labute approximate surface area is 128 Å². The van der Waals surface area contributed by atoms with Crippen LogP contribution in [0.2, 0.25) is 0 Å². The molecule has 1 aromatic carbocycles. The Bertz CT molecular complexity index is 704. The largest absolute Gasteiger partial charge is 0.385 e. The molecule has 114 valence electrons. The van der Waals surface area contributed by atoms with Crippen LogP contribution in [0.25, 0.3) is 0 Å².